The Hall–Kier alpha value is -2.34. The van der Waals surface area contributed by atoms with E-state index in [1.807, 2.05) is 42.5 Å². The number of carbonyl (C=O) groups excluding carboxylic acids is 1. The number of benzene rings is 2. The molecule has 0 amide bonds. The number of nitriles is 1. The zero-order chi connectivity index (χ0) is 14.4. The fourth-order valence-corrected chi connectivity index (χ4v) is 2.35. The Morgan fingerprint density at radius 3 is 2.75 bits per heavy atom. The number of ether oxygens (including phenoxy) is 1. The molecule has 2 aromatic rings. The van der Waals surface area contributed by atoms with E-state index in [-0.39, 0.29) is 12.4 Å². The van der Waals surface area contributed by atoms with Crippen molar-refractivity contribution in [3.63, 3.8) is 0 Å². The van der Waals surface area contributed by atoms with Gasteiger partial charge in [-0.2, -0.15) is 5.26 Å². The second-order valence-corrected chi connectivity index (χ2v) is 4.65. The molecule has 0 radical (unpaired) electrons. The van der Waals surface area contributed by atoms with E-state index in [0.717, 1.165) is 16.3 Å². The number of esters is 1. The molecule has 2 aromatic carbocycles. The van der Waals surface area contributed by atoms with Crippen LogP contribution in [0.4, 0.5) is 0 Å². The molecule has 0 N–H and O–H groups in total. The average molecular weight is 267 g/mol. The molecule has 0 unspecified atom stereocenters. The molecule has 0 aliphatic carbocycles. The molecule has 102 valence electrons. The molecule has 0 bridgehead atoms. The Labute approximate surface area is 118 Å². The van der Waals surface area contributed by atoms with Crippen LogP contribution in [0.5, 0.6) is 0 Å². The molecule has 0 aliphatic heterocycles. The summed E-state index contributed by atoms with van der Waals surface area (Å²) in [5.41, 5.74) is 1.08. The van der Waals surface area contributed by atoms with E-state index in [1.165, 1.54) is 0 Å². The smallest absolute Gasteiger partial charge is 0.310 e. The van der Waals surface area contributed by atoms with Gasteiger partial charge in [0.1, 0.15) is 0 Å². The first-order chi connectivity index (χ1) is 9.76. The number of carbonyl (C=O) groups is 1. The maximum Gasteiger partial charge on any atom is 0.310 e. The first-order valence-electron chi connectivity index (χ1n) is 6.76. The lowest BCUT2D eigenvalue weighted by Crippen LogP contribution is -2.19. The van der Waals surface area contributed by atoms with Crippen LogP contribution in [0.1, 0.15) is 18.9 Å². The summed E-state index contributed by atoms with van der Waals surface area (Å²) in [7, 11) is 0. The first kappa shape index (κ1) is 14.1. The molecule has 1 atom stereocenters. The SMILES string of the molecule is CCOC(=O)[C@@H](CC#N)Cc1cccc2ccccc12. The van der Waals surface area contributed by atoms with Gasteiger partial charge in [0.15, 0.2) is 0 Å². The van der Waals surface area contributed by atoms with Crippen LogP contribution in [0.3, 0.4) is 0 Å². The minimum Gasteiger partial charge on any atom is -0.466 e. The van der Waals surface area contributed by atoms with Gasteiger partial charge < -0.3 is 4.74 Å². The van der Waals surface area contributed by atoms with E-state index in [9.17, 15) is 4.79 Å². The molecule has 20 heavy (non-hydrogen) atoms. The number of rotatable bonds is 5. The highest BCUT2D eigenvalue weighted by molar-refractivity contribution is 5.86. The van der Waals surface area contributed by atoms with Crippen molar-refractivity contribution in [1.82, 2.24) is 0 Å². The van der Waals surface area contributed by atoms with E-state index in [4.69, 9.17) is 10.00 Å². The van der Waals surface area contributed by atoms with Gasteiger partial charge in [-0.15, -0.1) is 0 Å². The summed E-state index contributed by atoms with van der Waals surface area (Å²) >= 11 is 0. The van der Waals surface area contributed by atoms with Gasteiger partial charge in [-0.25, -0.2) is 0 Å². The highest BCUT2D eigenvalue weighted by atomic mass is 16.5. The lowest BCUT2D eigenvalue weighted by Gasteiger charge is -2.14. The van der Waals surface area contributed by atoms with Gasteiger partial charge in [0.05, 0.1) is 18.6 Å². The number of hydrogen-bond donors (Lipinski definition) is 0. The molecule has 0 fully saturated rings. The van der Waals surface area contributed by atoms with E-state index in [0.29, 0.717) is 13.0 Å². The fraction of sp³-hybridized carbons (Fsp3) is 0.294. The van der Waals surface area contributed by atoms with Crippen molar-refractivity contribution in [3.8, 4) is 6.07 Å². The number of nitrogens with zero attached hydrogens (tertiary/aromatic N) is 1. The number of hydrogen-bond acceptors (Lipinski definition) is 3. The van der Waals surface area contributed by atoms with Crippen LogP contribution < -0.4 is 0 Å². The van der Waals surface area contributed by atoms with Gasteiger partial charge in [-0.1, -0.05) is 42.5 Å². The van der Waals surface area contributed by atoms with E-state index >= 15 is 0 Å². The molecular weight excluding hydrogens is 250 g/mol. The van der Waals surface area contributed by atoms with Crippen molar-refractivity contribution in [2.45, 2.75) is 19.8 Å². The van der Waals surface area contributed by atoms with Gasteiger partial charge in [-0.05, 0) is 29.7 Å². The Morgan fingerprint density at radius 1 is 1.25 bits per heavy atom. The summed E-state index contributed by atoms with van der Waals surface area (Å²) < 4.78 is 5.05. The standard InChI is InChI=1S/C17H17NO2/c1-2-20-17(19)15(10-11-18)12-14-8-5-7-13-6-3-4-9-16(13)14/h3-9,15H,2,10,12H2,1H3/t15-/m0/s1. The normalized spacial score (nSPS) is 11.8. The second kappa shape index (κ2) is 6.72. The van der Waals surface area contributed by atoms with Crippen LogP contribution in [0, 0.1) is 17.2 Å². The fourth-order valence-electron chi connectivity index (χ4n) is 2.35. The van der Waals surface area contributed by atoms with Crippen LogP contribution in [0.15, 0.2) is 42.5 Å². The molecule has 3 nitrogen and oxygen atoms in total. The van der Waals surface area contributed by atoms with Gasteiger partial charge >= 0.3 is 5.97 Å². The highest BCUT2D eigenvalue weighted by Gasteiger charge is 2.20. The topological polar surface area (TPSA) is 50.1 Å². The van der Waals surface area contributed by atoms with Crippen molar-refractivity contribution < 1.29 is 9.53 Å². The quantitative estimate of drug-likeness (QED) is 0.779. The highest BCUT2D eigenvalue weighted by Crippen LogP contribution is 2.23. The van der Waals surface area contributed by atoms with Crippen molar-refractivity contribution in [1.29, 1.82) is 5.26 Å². The third-order valence-corrected chi connectivity index (χ3v) is 3.30. The van der Waals surface area contributed by atoms with E-state index in [2.05, 4.69) is 6.07 Å². The first-order valence-corrected chi connectivity index (χ1v) is 6.76. The summed E-state index contributed by atoms with van der Waals surface area (Å²) in [6, 6.07) is 16.2. The Kier molecular flexibility index (Phi) is 4.73. The Bertz CT molecular complexity index is 637. The summed E-state index contributed by atoms with van der Waals surface area (Å²) in [5, 5.41) is 11.2. The lowest BCUT2D eigenvalue weighted by molar-refractivity contribution is -0.147. The monoisotopic (exact) mass is 267 g/mol. The zero-order valence-corrected chi connectivity index (χ0v) is 11.5. The van der Waals surface area contributed by atoms with Crippen LogP contribution in [-0.2, 0) is 16.0 Å². The maximum absolute atomic E-state index is 11.9. The Balaban J connectivity index is 2.29. The molecule has 0 aromatic heterocycles. The van der Waals surface area contributed by atoms with Gasteiger partial charge in [0.2, 0.25) is 0 Å². The molecule has 0 aliphatic rings. The van der Waals surface area contributed by atoms with Crippen molar-refractivity contribution >= 4 is 16.7 Å². The van der Waals surface area contributed by atoms with Crippen LogP contribution >= 0.6 is 0 Å². The van der Waals surface area contributed by atoms with Gasteiger partial charge in [0.25, 0.3) is 0 Å². The molecule has 0 saturated heterocycles. The molecule has 2 rings (SSSR count). The van der Waals surface area contributed by atoms with Crippen LogP contribution in [0.2, 0.25) is 0 Å². The van der Waals surface area contributed by atoms with Crippen molar-refractivity contribution in [2.75, 3.05) is 6.61 Å². The summed E-state index contributed by atoms with van der Waals surface area (Å²) in [5.74, 6) is -0.687. The number of fused-ring (bicyclic) bond motifs is 1. The molecule has 0 spiro atoms. The zero-order valence-electron chi connectivity index (χ0n) is 11.5. The predicted molar refractivity (Wildman–Crippen MR) is 78.0 cm³/mol. The molecular formula is C17H17NO2. The molecule has 0 saturated carbocycles. The minimum atomic E-state index is -0.397. The largest absolute Gasteiger partial charge is 0.466 e. The maximum atomic E-state index is 11.9. The molecule has 3 heteroatoms. The van der Waals surface area contributed by atoms with Gasteiger partial charge in [0, 0.05) is 6.42 Å². The summed E-state index contributed by atoms with van der Waals surface area (Å²) in [6.07, 6.45) is 0.718. The Morgan fingerprint density at radius 2 is 2.00 bits per heavy atom. The van der Waals surface area contributed by atoms with Crippen LogP contribution in [0.25, 0.3) is 10.8 Å². The minimum absolute atomic E-state index is 0.183. The van der Waals surface area contributed by atoms with Gasteiger partial charge in [-0.3, -0.25) is 4.79 Å². The lowest BCUT2D eigenvalue weighted by atomic mass is 9.93. The molecule has 0 heterocycles. The third kappa shape index (κ3) is 3.16. The third-order valence-electron chi connectivity index (χ3n) is 3.30. The second-order valence-electron chi connectivity index (χ2n) is 4.65. The van der Waals surface area contributed by atoms with Crippen LogP contribution in [-0.4, -0.2) is 12.6 Å². The summed E-state index contributed by atoms with van der Waals surface area (Å²) in [4.78, 5) is 11.9. The summed E-state index contributed by atoms with van der Waals surface area (Å²) in [6.45, 7) is 2.12. The van der Waals surface area contributed by atoms with Crippen molar-refractivity contribution in [2.24, 2.45) is 5.92 Å². The predicted octanol–water partition coefficient (Wildman–Crippen LogP) is 3.48. The van der Waals surface area contributed by atoms with E-state index < -0.39 is 5.92 Å². The van der Waals surface area contributed by atoms with E-state index in [1.54, 1.807) is 6.92 Å². The average Bonchev–Trinajstić information content (AvgIpc) is 2.47. The van der Waals surface area contributed by atoms with Crippen molar-refractivity contribution in [3.05, 3.63) is 48.0 Å².